The van der Waals surface area contributed by atoms with E-state index in [1.807, 2.05) is 6.07 Å². The lowest BCUT2D eigenvalue weighted by Crippen LogP contribution is -2.30. The highest BCUT2D eigenvalue weighted by Gasteiger charge is 2.15. The lowest BCUT2D eigenvalue weighted by atomic mass is 10.0. The summed E-state index contributed by atoms with van der Waals surface area (Å²) in [5, 5.41) is 2.76. The second-order valence-corrected chi connectivity index (χ2v) is 2.95. The first-order valence-electron chi connectivity index (χ1n) is 4.08. The predicted octanol–water partition coefficient (Wildman–Crippen LogP) is 0.262. The Balaban J connectivity index is 2.38. The van der Waals surface area contributed by atoms with Gasteiger partial charge in [-0.15, -0.1) is 0 Å². The molecule has 1 aliphatic rings. The molecule has 4 heteroatoms. The van der Waals surface area contributed by atoms with Crippen LogP contribution in [0.5, 0.6) is 5.88 Å². The summed E-state index contributed by atoms with van der Waals surface area (Å²) in [6.45, 7) is 0.575. The highest BCUT2D eigenvalue weighted by Crippen LogP contribution is 2.17. The second kappa shape index (κ2) is 3.05. The Morgan fingerprint density at radius 2 is 2.38 bits per heavy atom. The van der Waals surface area contributed by atoms with Crippen molar-refractivity contribution < 1.29 is 9.53 Å². The molecule has 0 saturated carbocycles. The van der Waals surface area contributed by atoms with Gasteiger partial charge in [0.2, 0.25) is 11.8 Å². The second-order valence-electron chi connectivity index (χ2n) is 2.95. The molecule has 0 atom stereocenters. The van der Waals surface area contributed by atoms with E-state index >= 15 is 0 Å². The number of hydrogen-bond acceptors (Lipinski definition) is 3. The van der Waals surface area contributed by atoms with Crippen molar-refractivity contribution in [1.82, 2.24) is 10.3 Å². The van der Waals surface area contributed by atoms with Gasteiger partial charge in [-0.1, -0.05) is 0 Å². The van der Waals surface area contributed by atoms with Crippen molar-refractivity contribution in [2.45, 2.75) is 13.0 Å². The van der Waals surface area contributed by atoms with Crippen LogP contribution in [0.3, 0.4) is 0 Å². The number of amides is 1. The van der Waals surface area contributed by atoms with E-state index in [1.54, 1.807) is 13.3 Å². The molecule has 4 nitrogen and oxygen atoms in total. The molecule has 2 rings (SSSR count). The molecule has 0 aromatic carbocycles. The Kier molecular flexibility index (Phi) is 1.88. The minimum atomic E-state index is 0.0563. The summed E-state index contributed by atoms with van der Waals surface area (Å²) in [5.74, 6) is 0.620. The fourth-order valence-corrected chi connectivity index (χ4v) is 1.37. The number of nitrogens with zero attached hydrogens (tertiary/aromatic N) is 1. The van der Waals surface area contributed by atoms with E-state index in [1.165, 1.54) is 0 Å². The van der Waals surface area contributed by atoms with Crippen LogP contribution in [0.2, 0.25) is 0 Å². The highest BCUT2D eigenvalue weighted by molar-refractivity contribution is 5.80. The molecule has 1 aliphatic heterocycles. The summed E-state index contributed by atoms with van der Waals surface area (Å²) >= 11 is 0. The number of methoxy groups -OCH3 is 1. The molecule has 0 aliphatic carbocycles. The van der Waals surface area contributed by atoms with Gasteiger partial charge in [0.1, 0.15) is 0 Å². The maximum Gasteiger partial charge on any atom is 0.224 e. The summed E-state index contributed by atoms with van der Waals surface area (Å²) < 4.78 is 4.97. The van der Waals surface area contributed by atoms with Crippen LogP contribution in [0, 0.1) is 0 Å². The number of carbonyl (C=O) groups is 1. The number of aromatic nitrogens is 1. The first-order valence-corrected chi connectivity index (χ1v) is 4.08. The molecule has 0 radical (unpaired) electrons. The van der Waals surface area contributed by atoms with Crippen LogP contribution >= 0.6 is 0 Å². The van der Waals surface area contributed by atoms with Crippen molar-refractivity contribution in [3.63, 3.8) is 0 Å². The Morgan fingerprint density at radius 1 is 1.54 bits per heavy atom. The van der Waals surface area contributed by atoms with Gasteiger partial charge in [0, 0.05) is 18.8 Å². The molecule has 0 saturated heterocycles. The minimum Gasteiger partial charge on any atom is -0.481 e. The van der Waals surface area contributed by atoms with Gasteiger partial charge in [-0.2, -0.15) is 0 Å². The standard InChI is InChI=1S/C9H10N2O2/c1-13-9-3-6-2-8(12)10-4-7(6)5-11-9/h3,5H,2,4H2,1H3,(H,10,12). The van der Waals surface area contributed by atoms with Gasteiger partial charge in [-0.25, -0.2) is 4.98 Å². The van der Waals surface area contributed by atoms with E-state index < -0.39 is 0 Å². The number of rotatable bonds is 1. The highest BCUT2D eigenvalue weighted by atomic mass is 16.5. The third-order valence-corrected chi connectivity index (χ3v) is 2.09. The predicted molar refractivity (Wildman–Crippen MR) is 46.3 cm³/mol. The number of nitrogens with one attached hydrogen (secondary N) is 1. The van der Waals surface area contributed by atoms with Crippen LogP contribution in [0.25, 0.3) is 0 Å². The molecule has 0 unspecified atom stereocenters. The largest absolute Gasteiger partial charge is 0.481 e. The van der Waals surface area contributed by atoms with Crippen molar-refractivity contribution in [2.24, 2.45) is 0 Å². The van der Waals surface area contributed by atoms with Gasteiger partial charge in [-0.3, -0.25) is 4.79 Å². The zero-order valence-electron chi connectivity index (χ0n) is 7.33. The molecule has 1 aromatic rings. The third kappa shape index (κ3) is 1.47. The molecule has 0 fully saturated rings. The molecular weight excluding hydrogens is 168 g/mol. The van der Waals surface area contributed by atoms with Crippen LogP contribution in [-0.2, 0) is 17.8 Å². The molecule has 68 valence electrons. The van der Waals surface area contributed by atoms with Crippen LogP contribution in [-0.4, -0.2) is 18.0 Å². The number of ether oxygens (including phenoxy) is 1. The van der Waals surface area contributed by atoms with Gasteiger partial charge in [0.05, 0.1) is 13.5 Å². The topological polar surface area (TPSA) is 51.2 Å². The van der Waals surface area contributed by atoms with E-state index in [2.05, 4.69) is 10.3 Å². The van der Waals surface area contributed by atoms with Crippen molar-refractivity contribution in [3.05, 3.63) is 23.4 Å². The maximum absolute atomic E-state index is 11.1. The molecule has 2 heterocycles. The number of pyridine rings is 1. The van der Waals surface area contributed by atoms with Crippen molar-refractivity contribution in [3.8, 4) is 5.88 Å². The number of carbonyl (C=O) groups excluding carboxylic acids is 1. The molecule has 0 spiro atoms. The Morgan fingerprint density at radius 3 is 3.15 bits per heavy atom. The fraction of sp³-hybridized carbons (Fsp3) is 0.333. The Bertz CT molecular complexity index is 349. The van der Waals surface area contributed by atoms with Gasteiger partial charge in [-0.05, 0) is 11.1 Å². The molecule has 1 N–H and O–H groups in total. The van der Waals surface area contributed by atoms with Gasteiger partial charge in [0.25, 0.3) is 0 Å². The number of fused-ring (bicyclic) bond motifs is 1. The van der Waals surface area contributed by atoms with Crippen molar-refractivity contribution >= 4 is 5.91 Å². The van der Waals surface area contributed by atoms with E-state index in [0.717, 1.165) is 11.1 Å². The molecule has 13 heavy (non-hydrogen) atoms. The first kappa shape index (κ1) is 8.04. The minimum absolute atomic E-state index is 0.0563. The van der Waals surface area contributed by atoms with Gasteiger partial charge < -0.3 is 10.1 Å². The van der Waals surface area contributed by atoms with Crippen molar-refractivity contribution in [1.29, 1.82) is 0 Å². The maximum atomic E-state index is 11.1. The Labute approximate surface area is 75.9 Å². The zero-order chi connectivity index (χ0) is 9.26. The van der Waals surface area contributed by atoms with Gasteiger partial charge >= 0.3 is 0 Å². The number of hydrogen-bond donors (Lipinski definition) is 1. The van der Waals surface area contributed by atoms with Crippen LogP contribution in [0.4, 0.5) is 0 Å². The Hall–Kier alpha value is -1.58. The third-order valence-electron chi connectivity index (χ3n) is 2.09. The smallest absolute Gasteiger partial charge is 0.224 e. The summed E-state index contributed by atoms with van der Waals surface area (Å²) in [5.41, 5.74) is 2.08. The summed E-state index contributed by atoms with van der Waals surface area (Å²) in [4.78, 5) is 15.1. The summed E-state index contributed by atoms with van der Waals surface area (Å²) in [6, 6.07) is 1.81. The first-order chi connectivity index (χ1) is 6.29. The van der Waals surface area contributed by atoms with Crippen LogP contribution in [0.1, 0.15) is 11.1 Å². The molecular formula is C9H10N2O2. The summed E-state index contributed by atoms with van der Waals surface area (Å²) in [6.07, 6.45) is 2.17. The van der Waals surface area contributed by atoms with Gasteiger partial charge in [0.15, 0.2) is 0 Å². The zero-order valence-corrected chi connectivity index (χ0v) is 7.33. The van der Waals surface area contributed by atoms with Crippen LogP contribution in [0.15, 0.2) is 12.3 Å². The lowest BCUT2D eigenvalue weighted by molar-refractivity contribution is -0.121. The average molecular weight is 178 g/mol. The average Bonchev–Trinajstić information content (AvgIpc) is 2.16. The van der Waals surface area contributed by atoms with E-state index in [-0.39, 0.29) is 5.91 Å². The van der Waals surface area contributed by atoms with E-state index in [9.17, 15) is 4.79 Å². The molecule has 0 bridgehead atoms. The lowest BCUT2D eigenvalue weighted by Gasteiger charge is -2.16. The quantitative estimate of drug-likeness (QED) is 0.671. The summed E-state index contributed by atoms with van der Waals surface area (Å²) in [7, 11) is 1.57. The monoisotopic (exact) mass is 178 g/mol. The van der Waals surface area contributed by atoms with Crippen molar-refractivity contribution in [2.75, 3.05) is 7.11 Å². The van der Waals surface area contributed by atoms with E-state index in [4.69, 9.17) is 4.74 Å². The SMILES string of the molecule is COc1cc2c(cn1)CNC(=O)C2. The normalized spacial score (nSPS) is 14.7. The van der Waals surface area contributed by atoms with Crippen LogP contribution < -0.4 is 10.1 Å². The molecule has 1 aromatic heterocycles. The molecule has 1 amide bonds. The fourth-order valence-electron chi connectivity index (χ4n) is 1.37. The van der Waals surface area contributed by atoms with E-state index in [0.29, 0.717) is 18.8 Å².